The Morgan fingerprint density at radius 2 is 1.96 bits per heavy atom. The van der Waals surface area contributed by atoms with E-state index in [0.29, 0.717) is 13.1 Å². The molecule has 0 saturated carbocycles. The van der Waals surface area contributed by atoms with E-state index in [0.717, 1.165) is 41.5 Å². The summed E-state index contributed by atoms with van der Waals surface area (Å²) in [7, 11) is 1.66. The van der Waals surface area contributed by atoms with Crippen molar-refractivity contribution in [3.63, 3.8) is 0 Å². The van der Waals surface area contributed by atoms with Gasteiger partial charge < -0.3 is 15.0 Å². The fourth-order valence-corrected chi connectivity index (χ4v) is 3.32. The molecular weight excluding hydrogens is 316 g/mol. The molecule has 1 heterocycles. The zero-order chi connectivity index (χ0) is 17.8. The van der Waals surface area contributed by atoms with Gasteiger partial charge in [-0.1, -0.05) is 18.2 Å². The van der Waals surface area contributed by atoms with Crippen LogP contribution >= 0.6 is 0 Å². The predicted molar refractivity (Wildman–Crippen MR) is 97.3 cm³/mol. The molecule has 3 rings (SSSR count). The summed E-state index contributed by atoms with van der Waals surface area (Å²) in [5.41, 5.74) is 1.06. The van der Waals surface area contributed by atoms with Gasteiger partial charge in [0.25, 0.3) is 0 Å². The molecule has 0 spiro atoms. The highest BCUT2D eigenvalue weighted by atomic mass is 16.5. The summed E-state index contributed by atoms with van der Waals surface area (Å²) in [6, 6.07) is 12.1. The highest BCUT2D eigenvalue weighted by molar-refractivity contribution is 5.85. The number of methoxy groups -OCH3 is 1. The van der Waals surface area contributed by atoms with Crippen molar-refractivity contribution in [3.05, 3.63) is 42.0 Å². The summed E-state index contributed by atoms with van der Waals surface area (Å²) < 4.78 is 5.24. The van der Waals surface area contributed by atoms with E-state index in [1.54, 1.807) is 18.9 Å². The molecular formula is C20H24N2O3. The molecule has 1 unspecified atom stereocenters. The molecule has 0 aliphatic carbocycles. The van der Waals surface area contributed by atoms with E-state index in [1.807, 2.05) is 30.3 Å². The maximum absolute atomic E-state index is 12.4. The second-order valence-electron chi connectivity index (χ2n) is 6.57. The van der Waals surface area contributed by atoms with E-state index < -0.39 is 0 Å². The molecule has 25 heavy (non-hydrogen) atoms. The van der Waals surface area contributed by atoms with E-state index in [2.05, 4.69) is 11.4 Å². The Labute approximate surface area is 148 Å². The number of ether oxygens (including phenoxy) is 1. The van der Waals surface area contributed by atoms with Gasteiger partial charge in [-0.3, -0.25) is 9.59 Å². The lowest BCUT2D eigenvalue weighted by Gasteiger charge is -2.31. The summed E-state index contributed by atoms with van der Waals surface area (Å²) in [6.07, 6.45) is 1.72. The first-order valence-electron chi connectivity index (χ1n) is 8.67. The minimum atomic E-state index is -0.109. The summed E-state index contributed by atoms with van der Waals surface area (Å²) in [5.74, 6) is 0.798. The first kappa shape index (κ1) is 17.3. The molecule has 0 aromatic heterocycles. The fraction of sp³-hybridized carbons (Fsp3) is 0.400. The molecule has 2 aromatic carbocycles. The van der Waals surface area contributed by atoms with Crippen molar-refractivity contribution in [2.75, 3.05) is 20.2 Å². The quantitative estimate of drug-likeness (QED) is 0.931. The first-order valence-corrected chi connectivity index (χ1v) is 8.67. The van der Waals surface area contributed by atoms with Crippen LogP contribution in [0.3, 0.4) is 0 Å². The minimum absolute atomic E-state index is 0.0285. The normalized spacial score (nSPS) is 17.4. The zero-order valence-electron chi connectivity index (χ0n) is 14.7. The van der Waals surface area contributed by atoms with Crippen molar-refractivity contribution in [3.8, 4) is 5.75 Å². The predicted octanol–water partition coefficient (Wildman–Crippen LogP) is 2.72. The van der Waals surface area contributed by atoms with Crippen LogP contribution in [-0.4, -0.2) is 36.9 Å². The van der Waals surface area contributed by atoms with Crippen LogP contribution in [0.25, 0.3) is 10.8 Å². The van der Waals surface area contributed by atoms with Crippen LogP contribution in [0.5, 0.6) is 5.75 Å². The summed E-state index contributed by atoms with van der Waals surface area (Å²) in [4.78, 5) is 25.7. The molecule has 2 amide bonds. The number of carbonyl (C=O) groups excluding carboxylic acids is 2. The number of hydrogen-bond donors (Lipinski definition) is 1. The summed E-state index contributed by atoms with van der Waals surface area (Å²) in [5, 5.41) is 5.24. The minimum Gasteiger partial charge on any atom is -0.497 e. The van der Waals surface area contributed by atoms with Gasteiger partial charge in [-0.2, -0.15) is 0 Å². The van der Waals surface area contributed by atoms with Gasteiger partial charge in [-0.25, -0.2) is 0 Å². The number of carbonyl (C=O) groups is 2. The molecule has 132 valence electrons. The Balaban J connectivity index is 1.62. The van der Waals surface area contributed by atoms with Crippen molar-refractivity contribution < 1.29 is 14.3 Å². The van der Waals surface area contributed by atoms with Crippen LogP contribution in [0.1, 0.15) is 25.3 Å². The van der Waals surface area contributed by atoms with Gasteiger partial charge in [-0.15, -0.1) is 0 Å². The molecule has 5 heteroatoms. The fourth-order valence-electron chi connectivity index (χ4n) is 3.32. The van der Waals surface area contributed by atoms with E-state index in [9.17, 15) is 9.59 Å². The van der Waals surface area contributed by atoms with Crippen molar-refractivity contribution >= 4 is 22.6 Å². The number of rotatable bonds is 4. The lowest BCUT2D eigenvalue weighted by atomic mass is 9.97. The molecule has 1 fully saturated rings. The van der Waals surface area contributed by atoms with Crippen molar-refractivity contribution in [1.29, 1.82) is 0 Å². The van der Waals surface area contributed by atoms with Gasteiger partial charge in [0.05, 0.1) is 13.0 Å². The lowest BCUT2D eigenvalue weighted by Crippen LogP contribution is -2.44. The Morgan fingerprint density at radius 3 is 2.72 bits per heavy atom. The van der Waals surface area contributed by atoms with Gasteiger partial charge in [0, 0.05) is 26.6 Å². The number of piperidine rings is 1. The zero-order valence-corrected chi connectivity index (χ0v) is 14.7. The third kappa shape index (κ3) is 4.10. The van der Waals surface area contributed by atoms with Gasteiger partial charge in [0.1, 0.15) is 5.75 Å². The maximum Gasteiger partial charge on any atom is 0.225 e. The summed E-state index contributed by atoms with van der Waals surface area (Å²) in [6.45, 7) is 3.34. The average Bonchev–Trinajstić information content (AvgIpc) is 2.65. The molecule has 1 saturated heterocycles. The third-order valence-electron chi connectivity index (χ3n) is 4.82. The SMILES string of the molecule is COc1ccc2cc(CNC(=O)C3CCCN(C(C)=O)C3)ccc2c1. The molecule has 2 aromatic rings. The van der Waals surface area contributed by atoms with Crippen molar-refractivity contribution in [1.82, 2.24) is 10.2 Å². The van der Waals surface area contributed by atoms with Crippen LogP contribution in [0.15, 0.2) is 36.4 Å². The van der Waals surface area contributed by atoms with Crippen LogP contribution in [0, 0.1) is 5.92 Å². The van der Waals surface area contributed by atoms with Crippen molar-refractivity contribution in [2.45, 2.75) is 26.3 Å². The number of amides is 2. The Morgan fingerprint density at radius 1 is 1.20 bits per heavy atom. The Hall–Kier alpha value is -2.56. The highest BCUT2D eigenvalue weighted by Gasteiger charge is 2.26. The number of likely N-dealkylation sites (tertiary alicyclic amines) is 1. The summed E-state index contributed by atoms with van der Waals surface area (Å²) >= 11 is 0. The van der Waals surface area contributed by atoms with Crippen LogP contribution in [0.4, 0.5) is 0 Å². The molecule has 0 bridgehead atoms. The molecule has 1 atom stereocenters. The van der Waals surface area contributed by atoms with Gasteiger partial charge >= 0.3 is 0 Å². The van der Waals surface area contributed by atoms with Gasteiger partial charge in [0.2, 0.25) is 11.8 Å². The topological polar surface area (TPSA) is 58.6 Å². The van der Waals surface area contributed by atoms with E-state index in [-0.39, 0.29) is 17.7 Å². The number of nitrogens with zero attached hydrogens (tertiary/aromatic N) is 1. The smallest absolute Gasteiger partial charge is 0.225 e. The second kappa shape index (κ2) is 7.55. The van der Waals surface area contributed by atoms with Crippen LogP contribution < -0.4 is 10.1 Å². The number of benzene rings is 2. The largest absolute Gasteiger partial charge is 0.497 e. The van der Waals surface area contributed by atoms with E-state index in [4.69, 9.17) is 4.74 Å². The van der Waals surface area contributed by atoms with Crippen LogP contribution in [0.2, 0.25) is 0 Å². The molecule has 0 radical (unpaired) electrons. The van der Waals surface area contributed by atoms with E-state index >= 15 is 0 Å². The first-order chi connectivity index (χ1) is 12.1. The van der Waals surface area contributed by atoms with Gasteiger partial charge in [-0.05, 0) is 47.4 Å². The molecule has 1 aliphatic rings. The lowest BCUT2D eigenvalue weighted by molar-refractivity contribution is -0.134. The number of nitrogens with one attached hydrogen (secondary N) is 1. The second-order valence-corrected chi connectivity index (χ2v) is 6.57. The van der Waals surface area contributed by atoms with E-state index in [1.165, 1.54) is 0 Å². The molecule has 1 N–H and O–H groups in total. The van der Waals surface area contributed by atoms with Crippen LogP contribution in [-0.2, 0) is 16.1 Å². The third-order valence-corrected chi connectivity index (χ3v) is 4.82. The standard InChI is InChI=1S/C20H24N2O3/c1-14(23)22-9-3-4-18(13-22)20(24)21-12-15-5-6-17-11-19(25-2)8-7-16(17)10-15/h5-8,10-11,18H,3-4,9,12-13H2,1-2H3,(H,21,24). The molecule has 1 aliphatic heterocycles. The monoisotopic (exact) mass is 340 g/mol. The Bertz CT molecular complexity index is 788. The highest BCUT2D eigenvalue weighted by Crippen LogP contribution is 2.22. The van der Waals surface area contributed by atoms with Gasteiger partial charge in [0.15, 0.2) is 0 Å². The molecule has 5 nitrogen and oxygen atoms in total. The van der Waals surface area contributed by atoms with Crippen molar-refractivity contribution in [2.24, 2.45) is 5.92 Å². The number of hydrogen-bond acceptors (Lipinski definition) is 3. The maximum atomic E-state index is 12.4. The Kier molecular flexibility index (Phi) is 5.22. The average molecular weight is 340 g/mol. The number of fused-ring (bicyclic) bond motifs is 1.